The average molecular weight is 302 g/mol. The van der Waals surface area contributed by atoms with E-state index in [1.165, 1.54) is 4.90 Å². The molecule has 1 atom stereocenters. The van der Waals surface area contributed by atoms with Crippen LogP contribution in [0.3, 0.4) is 0 Å². The number of ether oxygens (including phenoxy) is 1. The molecule has 0 aliphatic carbocycles. The number of aromatic nitrogens is 1. The van der Waals surface area contributed by atoms with Gasteiger partial charge in [0, 0.05) is 26.3 Å². The standard InChI is InChI=1S/C16H22N4O2/c1-10-11(2)13(8-17)15(18-12(10)3)20-6-7-22-14(9-20)16(21)19(4)5/h14H,6-7,9H2,1-5H3/t14-/m0/s1. The summed E-state index contributed by atoms with van der Waals surface area (Å²) in [5.74, 6) is 0.590. The van der Waals surface area contributed by atoms with Gasteiger partial charge in [-0.1, -0.05) is 0 Å². The fourth-order valence-corrected chi connectivity index (χ4v) is 2.57. The van der Waals surface area contributed by atoms with E-state index in [2.05, 4.69) is 11.1 Å². The van der Waals surface area contributed by atoms with Gasteiger partial charge in [0.2, 0.25) is 0 Å². The molecule has 22 heavy (non-hydrogen) atoms. The second-order valence-electron chi connectivity index (χ2n) is 5.80. The van der Waals surface area contributed by atoms with Crippen LogP contribution in [0.25, 0.3) is 0 Å². The molecule has 1 aromatic rings. The molecular formula is C16H22N4O2. The summed E-state index contributed by atoms with van der Waals surface area (Å²) in [5, 5.41) is 9.49. The molecule has 0 saturated carbocycles. The first-order valence-corrected chi connectivity index (χ1v) is 7.32. The van der Waals surface area contributed by atoms with Crippen LogP contribution in [0, 0.1) is 32.1 Å². The zero-order valence-corrected chi connectivity index (χ0v) is 13.8. The maximum absolute atomic E-state index is 12.1. The van der Waals surface area contributed by atoms with Gasteiger partial charge in [-0.15, -0.1) is 0 Å². The summed E-state index contributed by atoms with van der Waals surface area (Å²) in [4.78, 5) is 20.2. The summed E-state index contributed by atoms with van der Waals surface area (Å²) in [6, 6.07) is 2.26. The van der Waals surface area contributed by atoms with E-state index in [-0.39, 0.29) is 5.91 Å². The zero-order valence-electron chi connectivity index (χ0n) is 13.8. The van der Waals surface area contributed by atoms with Gasteiger partial charge in [-0.3, -0.25) is 4.79 Å². The molecule has 1 aromatic heterocycles. The van der Waals surface area contributed by atoms with Crippen molar-refractivity contribution in [1.82, 2.24) is 9.88 Å². The Morgan fingerprint density at radius 3 is 2.64 bits per heavy atom. The number of morpholine rings is 1. The van der Waals surface area contributed by atoms with Crippen molar-refractivity contribution in [2.24, 2.45) is 0 Å². The lowest BCUT2D eigenvalue weighted by Crippen LogP contribution is -2.50. The van der Waals surface area contributed by atoms with Crippen LogP contribution in [-0.4, -0.2) is 55.7 Å². The highest BCUT2D eigenvalue weighted by atomic mass is 16.5. The van der Waals surface area contributed by atoms with Gasteiger partial charge >= 0.3 is 0 Å². The number of nitrogens with zero attached hydrogens (tertiary/aromatic N) is 4. The first-order chi connectivity index (χ1) is 10.4. The Kier molecular flexibility index (Phi) is 4.67. The molecule has 0 radical (unpaired) electrons. The summed E-state index contributed by atoms with van der Waals surface area (Å²) in [6.45, 7) is 7.34. The van der Waals surface area contributed by atoms with Crippen LogP contribution in [0.15, 0.2) is 0 Å². The van der Waals surface area contributed by atoms with Crippen molar-refractivity contribution in [3.63, 3.8) is 0 Å². The molecule has 2 heterocycles. The van der Waals surface area contributed by atoms with E-state index < -0.39 is 6.10 Å². The van der Waals surface area contributed by atoms with Crippen LogP contribution in [-0.2, 0) is 9.53 Å². The van der Waals surface area contributed by atoms with Crippen molar-refractivity contribution >= 4 is 11.7 Å². The number of likely N-dealkylation sites (N-methyl/N-ethyl adjacent to an activating group) is 1. The largest absolute Gasteiger partial charge is 0.365 e. The normalized spacial score (nSPS) is 18.0. The molecule has 2 rings (SSSR count). The first kappa shape index (κ1) is 16.2. The van der Waals surface area contributed by atoms with Crippen LogP contribution < -0.4 is 4.90 Å². The van der Waals surface area contributed by atoms with E-state index in [9.17, 15) is 10.1 Å². The van der Waals surface area contributed by atoms with E-state index in [0.29, 0.717) is 31.1 Å². The molecule has 0 bridgehead atoms. The van der Waals surface area contributed by atoms with Gasteiger partial charge in [-0.05, 0) is 31.9 Å². The van der Waals surface area contributed by atoms with Gasteiger partial charge in [0.25, 0.3) is 5.91 Å². The maximum Gasteiger partial charge on any atom is 0.253 e. The minimum atomic E-state index is -0.515. The molecule has 1 amide bonds. The van der Waals surface area contributed by atoms with E-state index in [1.54, 1.807) is 14.1 Å². The predicted octanol–water partition coefficient (Wildman–Crippen LogP) is 1.17. The van der Waals surface area contributed by atoms with Crippen molar-refractivity contribution < 1.29 is 9.53 Å². The number of amides is 1. The van der Waals surface area contributed by atoms with E-state index in [0.717, 1.165) is 16.8 Å². The van der Waals surface area contributed by atoms with Gasteiger partial charge in [0.15, 0.2) is 6.10 Å². The molecule has 1 aliphatic heterocycles. The Balaban J connectivity index is 2.36. The van der Waals surface area contributed by atoms with Crippen molar-refractivity contribution in [3.05, 3.63) is 22.4 Å². The molecule has 0 aromatic carbocycles. The number of rotatable bonds is 2. The number of carbonyl (C=O) groups excluding carboxylic acids is 1. The van der Waals surface area contributed by atoms with E-state index in [4.69, 9.17) is 4.74 Å². The van der Waals surface area contributed by atoms with Crippen LogP contribution in [0.4, 0.5) is 5.82 Å². The van der Waals surface area contributed by atoms with Crippen molar-refractivity contribution in [2.75, 3.05) is 38.7 Å². The molecule has 118 valence electrons. The Hall–Kier alpha value is -2.13. The molecule has 0 N–H and O–H groups in total. The van der Waals surface area contributed by atoms with Gasteiger partial charge in [-0.25, -0.2) is 4.98 Å². The minimum Gasteiger partial charge on any atom is -0.365 e. The maximum atomic E-state index is 12.1. The predicted molar refractivity (Wildman–Crippen MR) is 83.8 cm³/mol. The van der Waals surface area contributed by atoms with E-state index in [1.807, 2.05) is 25.7 Å². The lowest BCUT2D eigenvalue weighted by molar-refractivity contribution is -0.141. The lowest BCUT2D eigenvalue weighted by Gasteiger charge is -2.35. The zero-order chi connectivity index (χ0) is 16.4. The number of anilines is 1. The van der Waals surface area contributed by atoms with Crippen molar-refractivity contribution in [3.8, 4) is 6.07 Å². The molecule has 6 heteroatoms. The van der Waals surface area contributed by atoms with Crippen LogP contribution in [0.1, 0.15) is 22.4 Å². The van der Waals surface area contributed by atoms with Crippen LogP contribution in [0.5, 0.6) is 0 Å². The highest BCUT2D eigenvalue weighted by molar-refractivity contribution is 5.81. The Labute approximate surface area is 131 Å². The molecule has 1 saturated heterocycles. The van der Waals surface area contributed by atoms with Crippen molar-refractivity contribution in [1.29, 1.82) is 5.26 Å². The fraction of sp³-hybridized carbons (Fsp3) is 0.562. The number of aryl methyl sites for hydroxylation is 1. The second-order valence-corrected chi connectivity index (χ2v) is 5.80. The number of pyridine rings is 1. The number of hydrogen-bond donors (Lipinski definition) is 0. The topological polar surface area (TPSA) is 69.5 Å². The second kappa shape index (κ2) is 6.32. The molecule has 1 aliphatic rings. The number of carbonyl (C=O) groups is 1. The summed E-state index contributed by atoms with van der Waals surface area (Å²) in [6.07, 6.45) is -0.515. The first-order valence-electron chi connectivity index (χ1n) is 7.32. The Bertz CT molecular complexity index is 634. The quantitative estimate of drug-likeness (QED) is 0.820. The minimum absolute atomic E-state index is 0.0660. The Morgan fingerprint density at radius 1 is 1.36 bits per heavy atom. The summed E-state index contributed by atoms with van der Waals surface area (Å²) < 4.78 is 5.57. The van der Waals surface area contributed by atoms with Gasteiger partial charge < -0.3 is 14.5 Å². The highest BCUT2D eigenvalue weighted by Crippen LogP contribution is 2.26. The SMILES string of the molecule is Cc1nc(N2CCO[C@H](C(=O)N(C)C)C2)c(C#N)c(C)c1C. The molecule has 1 fully saturated rings. The van der Waals surface area contributed by atoms with Gasteiger partial charge in [0.05, 0.1) is 18.7 Å². The lowest BCUT2D eigenvalue weighted by atomic mass is 10.0. The number of nitriles is 1. The molecule has 0 spiro atoms. The number of hydrogen-bond acceptors (Lipinski definition) is 5. The third-order valence-corrected chi connectivity index (χ3v) is 4.17. The summed E-state index contributed by atoms with van der Waals surface area (Å²) >= 11 is 0. The molecule has 0 unspecified atom stereocenters. The molecular weight excluding hydrogens is 280 g/mol. The van der Waals surface area contributed by atoms with Gasteiger partial charge in [0.1, 0.15) is 11.9 Å². The van der Waals surface area contributed by atoms with Crippen LogP contribution >= 0.6 is 0 Å². The fourth-order valence-electron chi connectivity index (χ4n) is 2.57. The van der Waals surface area contributed by atoms with Crippen molar-refractivity contribution in [2.45, 2.75) is 26.9 Å². The average Bonchev–Trinajstić information content (AvgIpc) is 2.51. The smallest absolute Gasteiger partial charge is 0.253 e. The summed E-state index contributed by atoms with van der Waals surface area (Å²) in [5.41, 5.74) is 3.48. The summed E-state index contributed by atoms with van der Waals surface area (Å²) in [7, 11) is 3.42. The van der Waals surface area contributed by atoms with Gasteiger partial charge in [-0.2, -0.15) is 5.26 Å². The van der Waals surface area contributed by atoms with Crippen LogP contribution in [0.2, 0.25) is 0 Å². The highest BCUT2D eigenvalue weighted by Gasteiger charge is 2.30. The Morgan fingerprint density at radius 2 is 2.05 bits per heavy atom. The molecule has 6 nitrogen and oxygen atoms in total. The van der Waals surface area contributed by atoms with E-state index >= 15 is 0 Å². The third kappa shape index (κ3) is 2.90. The third-order valence-electron chi connectivity index (χ3n) is 4.17. The monoisotopic (exact) mass is 302 g/mol.